The lowest BCUT2D eigenvalue weighted by Gasteiger charge is -2.34. The monoisotopic (exact) mass is 441 g/mol. The molecule has 1 fully saturated rings. The summed E-state index contributed by atoms with van der Waals surface area (Å²) < 4.78 is 14.5. The fraction of sp³-hybridized carbons (Fsp3) is 0.545. The van der Waals surface area contributed by atoms with Crippen molar-refractivity contribution in [1.29, 1.82) is 0 Å². The van der Waals surface area contributed by atoms with Crippen molar-refractivity contribution in [2.75, 3.05) is 19.0 Å². The summed E-state index contributed by atoms with van der Waals surface area (Å²) in [6, 6.07) is 3.62. The first-order valence-corrected chi connectivity index (χ1v) is 10.9. The van der Waals surface area contributed by atoms with Crippen LogP contribution in [0.2, 0.25) is 0 Å². The van der Waals surface area contributed by atoms with Crippen molar-refractivity contribution in [3.63, 3.8) is 0 Å². The van der Waals surface area contributed by atoms with Gasteiger partial charge in [0.1, 0.15) is 11.4 Å². The number of aromatic amines is 1. The molecule has 1 saturated carbocycles. The second kappa shape index (κ2) is 9.15. The number of amides is 1. The smallest absolute Gasteiger partial charge is 0.275 e. The van der Waals surface area contributed by atoms with Crippen LogP contribution in [0.3, 0.4) is 0 Å². The Balaban J connectivity index is 1.28. The molecule has 0 atom stereocenters. The SMILES string of the molecule is COCc1cc(C(=O)Nc2cc(C3CC(COc4cn(C)nc4C(C)C)C3)[nH]n2)n(C)n1. The van der Waals surface area contributed by atoms with Crippen LogP contribution in [-0.2, 0) is 25.4 Å². The first kappa shape index (κ1) is 22.1. The minimum atomic E-state index is -0.252. The largest absolute Gasteiger partial charge is 0.490 e. The molecule has 4 rings (SSSR count). The molecule has 3 aromatic heterocycles. The predicted octanol–water partition coefficient (Wildman–Crippen LogP) is 2.97. The number of H-pyrrole nitrogens is 1. The lowest BCUT2D eigenvalue weighted by molar-refractivity contribution is 0.101. The molecule has 0 spiro atoms. The van der Waals surface area contributed by atoms with E-state index in [2.05, 4.69) is 39.6 Å². The van der Waals surface area contributed by atoms with Crippen molar-refractivity contribution in [3.8, 4) is 5.75 Å². The fourth-order valence-electron chi connectivity index (χ4n) is 4.08. The molecule has 1 amide bonds. The van der Waals surface area contributed by atoms with Crippen molar-refractivity contribution >= 4 is 11.7 Å². The van der Waals surface area contributed by atoms with Crippen LogP contribution in [0.15, 0.2) is 18.3 Å². The van der Waals surface area contributed by atoms with Crippen molar-refractivity contribution in [2.45, 2.75) is 45.1 Å². The minimum Gasteiger partial charge on any atom is -0.490 e. The summed E-state index contributed by atoms with van der Waals surface area (Å²) in [7, 11) is 5.24. The molecular formula is C22H31N7O3. The number of nitrogens with one attached hydrogen (secondary N) is 2. The Bertz CT molecular complexity index is 1080. The highest BCUT2D eigenvalue weighted by Crippen LogP contribution is 2.41. The van der Waals surface area contributed by atoms with Crippen LogP contribution in [0.5, 0.6) is 5.75 Å². The van der Waals surface area contributed by atoms with Gasteiger partial charge in [0.15, 0.2) is 11.6 Å². The van der Waals surface area contributed by atoms with Crippen LogP contribution in [0, 0.1) is 5.92 Å². The van der Waals surface area contributed by atoms with Gasteiger partial charge >= 0.3 is 0 Å². The van der Waals surface area contributed by atoms with Crippen LogP contribution >= 0.6 is 0 Å². The minimum absolute atomic E-state index is 0.252. The Hall–Kier alpha value is -3.14. The highest BCUT2D eigenvalue weighted by atomic mass is 16.5. The van der Waals surface area contributed by atoms with Gasteiger partial charge in [-0.1, -0.05) is 13.8 Å². The van der Waals surface area contributed by atoms with E-state index < -0.39 is 0 Å². The van der Waals surface area contributed by atoms with Gasteiger partial charge in [-0.2, -0.15) is 15.3 Å². The van der Waals surface area contributed by atoms with Crippen molar-refractivity contribution in [2.24, 2.45) is 20.0 Å². The van der Waals surface area contributed by atoms with E-state index in [0.29, 0.717) is 48.2 Å². The number of anilines is 1. The third-order valence-corrected chi connectivity index (χ3v) is 5.81. The highest BCUT2D eigenvalue weighted by molar-refractivity contribution is 6.02. The molecule has 0 saturated heterocycles. The molecule has 0 aliphatic heterocycles. The topological polar surface area (TPSA) is 112 Å². The molecular weight excluding hydrogens is 410 g/mol. The van der Waals surface area contributed by atoms with E-state index in [9.17, 15) is 4.79 Å². The van der Waals surface area contributed by atoms with Gasteiger partial charge in [-0.25, -0.2) is 0 Å². The van der Waals surface area contributed by atoms with Crippen LogP contribution in [0.4, 0.5) is 5.82 Å². The molecule has 0 radical (unpaired) electrons. The molecule has 32 heavy (non-hydrogen) atoms. The Labute approximate surface area is 187 Å². The molecule has 0 bridgehead atoms. The highest BCUT2D eigenvalue weighted by Gasteiger charge is 2.32. The molecule has 10 nitrogen and oxygen atoms in total. The van der Waals surface area contributed by atoms with Crippen LogP contribution < -0.4 is 10.1 Å². The molecule has 0 aromatic carbocycles. The number of aromatic nitrogens is 6. The zero-order chi connectivity index (χ0) is 22.8. The summed E-state index contributed by atoms with van der Waals surface area (Å²) in [5, 5.41) is 18.9. The number of nitrogens with zero attached hydrogens (tertiary/aromatic N) is 5. The maximum absolute atomic E-state index is 12.6. The number of rotatable bonds is 9. The Morgan fingerprint density at radius 3 is 2.78 bits per heavy atom. The summed E-state index contributed by atoms with van der Waals surface area (Å²) in [4.78, 5) is 12.6. The van der Waals surface area contributed by atoms with Gasteiger partial charge in [-0.05, 0) is 24.8 Å². The summed E-state index contributed by atoms with van der Waals surface area (Å²) in [5.74, 6) is 2.35. The molecule has 0 unspecified atom stereocenters. The molecule has 1 aliphatic carbocycles. The molecule has 172 valence electrons. The normalized spacial score (nSPS) is 18.1. The van der Waals surface area contributed by atoms with E-state index in [0.717, 1.165) is 30.0 Å². The van der Waals surface area contributed by atoms with E-state index >= 15 is 0 Å². The van der Waals surface area contributed by atoms with E-state index in [1.165, 1.54) is 0 Å². The van der Waals surface area contributed by atoms with E-state index in [-0.39, 0.29) is 5.91 Å². The first-order valence-electron chi connectivity index (χ1n) is 10.9. The summed E-state index contributed by atoms with van der Waals surface area (Å²) in [6.45, 7) is 5.29. The number of carbonyl (C=O) groups excluding carboxylic acids is 1. The zero-order valence-corrected chi connectivity index (χ0v) is 19.3. The lowest BCUT2D eigenvalue weighted by atomic mass is 9.74. The van der Waals surface area contributed by atoms with Crippen LogP contribution in [-0.4, -0.2) is 49.4 Å². The Morgan fingerprint density at radius 1 is 1.28 bits per heavy atom. The van der Waals surface area contributed by atoms with E-state index in [1.807, 2.05) is 19.3 Å². The standard InChI is InChI=1S/C22H31N7O3/c1-13(2)21-19(10-28(3)27-21)32-11-14-6-15(7-14)17-9-20(25-24-17)23-22(30)18-8-16(12-31-5)26-29(18)4/h8-10,13-15H,6-7,11-12H2,1-5H3,(H2,23,24,25,30). The number of aryl methyl sites for hydroxylation is 2. The molecule has 2 N–H and O–H groups in total. The zero-order valence-electron chi connectivity index (χ0n) is 19.3. The van der Waals surface area contributed by atoms with Gasteiger partial charge in [-0.15, -0.1) is 0 Å². The first-order chi connectivity index (χ1) is 15.3. The van der Waals surface area contributed by atoms with Crippen molar-refractivity contribution in [3.05, 3.63) is 41.1 Å². The summed E-state index contributed by atoms with van der Waals surface area (Å²) in [5.41, 5.74) is 3.20. The quantitative estimate of drug-likeness (QED) is 0.528. The van der Waals surface area contributed by atoms with E-state index in [4.69, 9.17) is 9.47 Å². The molecule has 10 heteroatoms. The lowest BCUT2D eigenvalue weighted by Crippen LogP contribution is -2.27. The summed E-state index contributed by atoms with van der Waals surface area (Å²) >= 11 is 0. The average Bonchev–Trinajstić information content (AvgIpc) is 3.40. The fourth-order valence-corrected chi connectivity index (χ4v) is 4.08. The van der Waals surface area contributed by atoms with Gasteiger partial charge < -0.3 is 14.8 Å². The number of hydrogen-bond donors (Lipinski definition) is 2. The van der Waals surface area contributed by atoms with Gasteiger partial charge in [0.05, 0.1) is 25.1 Å². The van der Waals surface area contributed by atoms with Gasteiger partial charge in [0.25, 0.3) is 5.91 Å². The van der Waals surface area contributed by atoms with Gasteiger partial charge in [-0.3, -0.25) is 19.3 Å². The molecule has 3 aromatic rings. The van der Waals surface area contributed by atoms with Gasteiger partial charge in [0.2, 0.25) is 0 Å². The Kier molecular flexibility index (Phi) is 6.31. The van der Waals surface area contributed by atoms with Crippen molar-refractivity contribution in [1.82, 2.24) is 29.8 Å². The number of ether oxygens (including phenoxy) is 2. The van der Waals surface area contributed by atoms with Gasteiger partial charge in [0, 0.05) is 44.8 Å². The van der Waals surface area contributed by atoms with Crippen molar-refractivity contribution < 1.29 is 14.3 Å². The third-order valence-electron chi connectivity index (χ3n) is 5.81. The maximum Gasteiger partial charge on any atom is 0.275 e. The third kappa shape index (κ3) is 4.69. The Morgan fingerprint density at radius 2 is 2.06 bits per heavy atom. The molecule has 3 heterocycles. The second-order valence-corrected chi connectivity index (χ2v) is 8.79. The average molecular weight is 442 g/mol. The number of methoxy groups -OCH3 is 1. The number of hydrogen-bond acceptors (Lipinski definition) is 6. The second-order valence-electron chi connectivity index (χ2n) is 8.79. The van der Waals surface area contributed by atoms with Crippen LogP contribution in [0.1, 0.15) is 66.1 Å². The maximum atomic E-state index is 12.6. The number of carbonyl (C=O) groups is 1. The summed E-state index contributed by atoms with van der Waals surface area (Å²) in [6.07, 6.45) is 3.99. The van der Waals surface area contributed by atoms with Crippen LogP contribution in [0.25, 0.3) is 0 Å². The predicted molar refractivity (Wildman–Crippen MR) is 119 cm³/mol. The van der Waals surface area contributed by atoms with E-state index in [1.54, 1.807) is 29.6 Å². The molecule has 1 aliphatic rings.